The largest absolute Gasteiger partial charge is 0.323 e. The molecule has 2 rings (SSSR count). The summed E-state index contributed by atoms with van der Waals surface area (Å²) in [5.74, 6) is 0. The molecule has 0 bridgehead atoms. The monoisotopic (exact) mass is 218 g/mol. The first kappa shape index (κ1) is 11.6. The molecule has 0 spiro atoms. The van der Waals surface area contributed by atoms with Gasteiger partial charge in [-0.05, 0) is 44.9 Å². The van der Waals surface area contributed by atoms with Crippen LogP contribution in [0.15, 0.2) is 18.2 Å². The van der Waals surface area contributed by atoms with Crippen LogP contribution in [0.1, 0.15) is 35.6 Å². The van der Waals surface area contributed by atoms with Crippen LogP contribution in [-0.4, -0.2) is 13.6 Å². The predicted octanol–water partition coefficient (Wildman–Crippen LogP) is 2.30. The molecule has 1 atom stereocenters. The molecule has 0 radical (unpaired) electrons. The van der Waals surface area contributed by atoms with Gasteiger partial charge in [-0.2, -0.15) is 0 Å². The molecule has 0 heterocycles. The van der Waals surface area contributed by atoms with Gasteiger partial charge in [0.25, 0.3) is 0 Å². The van der Waals surface area contributed by atoms with Crippen LogP contribution in [0.4, 0.5) is 0 Å². The zero-order chi connectivity index (χ0) is 11.8. The van der Waals surface area contributed by atoms with Crippen molar-refractivity contribution < 1.29 is 0 Å². The van der Waals surface area contributed by atoms with E-state index in [1.807, 2.05) is 7.05 Å². The molecule has 0 aliphatic heterocycles. The Kier molecular flexibility index (Phi) is 3.04. The Bertz CT molecular complexity index is 380. The maximum Gasteiger partial charge on any atom is 0.0366 e. The molecule has 3 N–H and O–H groups in total. The summed E-state index contributed by atoms with van der Waals surface area (Å²) in [4.78, 5) is 0. The van der Waals surface area contributed by atoms with E-state index in [1.165, 1.54) is 29.5 Å². The van der Waals surface area contributed by atoms with Crippen LogP contribution in [0, 0.1) is 19.3 Å². The molecule has 2 nitrogen and oxygen atoms in total. The normalized spacial score (nSPS) is 19.5. The van der Waals surface area contributed by atoms with Gasteiger partial charge in [-0.3, -0.25) is 0 Å². The lowest BCUT2D eigenvalue weighted by atomic mass is 9.87. The number of benzene rings is 1. The summed E-state index contributed by atoms with van der Waals surface area (Å²) in [5.41, 5.74) is 10.7. The molecule has 0 amide bonds. The van der Waals surface area contributed by atoms with Gasteiger partial charge in [0.05, 0.1) is 0 Å². The number of rotatable bonds is 4. The zero-order valence-electron chi connectivity index (χ0n) is 10.5. The summed E-state index contributed by atoms with van der Waals surface area (Å²) in [7, 11) is 2.01. The maximum absolute atomic E-state index is 6.43. The van der Waals surface area contributed by atoms with Crippen LogP contribution < -0.4 is 11.1 Å². The molecular formula is C14H22N2. The van der Waals surface area contributed by atoms with E-state index in [0.29, 0.717) is 5.41 Å². The second kappa shape index (κ2) is 4.19. The SMILES string of the molecule is CNCC1(C(N)c2ccc(C)cc2C)CC1. The Hall–Kier alpha value is -0.860. The minimum absolute atomic E-state index is 0.181. The number of nitrogens with one attached hydrogen (secondary N) is 1. The molecule has 1 saturated carbocycles. The van der Waals surface area contributed by atoms with Gasteiger partial charge in [-0.15, -0.1) is 0 Å². The summed E-state index contributed by atoms with van der Waals surface area (Å²) in [5, 5.41) is 3.27. The molecule has 16 heavy (non-hydrogen) atoms. The minimum atomic E-state index is 0.181. The lowest BCUT2D eigenvalue weighted by Crippen LogP contribution is -2.31. The molecule has 2 heteroatoms. The zero-order valence-corrected chi connectivity index (χ0v) is 10.5. The van der Waals surface area contributed by atoms with Gasteiger partial charge in [0, 0.05) is 18.0 Å². The van der Waals surface area contributed by atoms with Gasteiger partial charge in [0.1, 0.15) is 0 Å². The van der Waals surface area contributed by atoms with Crippen LogP contribution in [0.25, 0.3) is 0 Å². The Morgan fingerprint density at radius 2 is 2.06 bits per heavy atom. The fourth-order valence-electron chi connectivity index (χ4n) is 2.61. The first-order chi connectivity index (χ1) is 7.59. The van der Waals surface area contributed by atoms with Crippen molar-refractivity contribution in [1.82, 2.24) is 5.32 Å². The topological polar surface area (TPSA) is 38.0 Å². The van der Waals surface area contributed by atoms with Crippen LogP contribution >= 0.6 is 0 Å². The lowest BCUT2D eigenvalue weighted by Gasteiger charge is -2.25. The summed E-state index contributed by atoms with van der Waals surface area (Å²) in [6.45, 7) is 5.32. The molecule has 0 aromatic heterocycles. The van der Waals surface area contributed by atoms with E-state index < -0.39 is 0 Å². The Morgan fingerprint density at radius 1 is 1.38 bits per heavy atom. The highest BCUT2D eigenvalue weighted by molar-refractivity contribution is 5.35. The third kappa shape index (κ3) is 2.00. The molecule has 1 unspecified atom stereocenters. The van der Waals surface area contributed by atoms with Gasteiger partial charge in [0.2, 0.25) is 0 Å². The number of nitrogens with two attached hydrogens (primary N) is 1. The molecule has 88 valence electrons. The summed E-state index contributed by atoms with van der Waals surface area (Å²) in [6.07, 6.45) is 2.50. The van der Waals surface area contributed by atoms with E-state index in [4.69, 9.17) is 5.73 Å². The predicted molar refractivity (Wildman–Crippen MR) is 68.4 cm³/mol. The van der Waals surface area contributed by atoms with Crippen molar-refractivity contribution in [3.63, 3.8) is 0 Å². The maximum atomic E-state index is 6.43. The minimum Gasteiger partial charge on any atom is -0.323 e. The summed E-state index contributed by atoms with van der Waals surface area (Å²) >= 11 is 0. The standard InChI is InChI=1S/C14H22N2/c1-10-4-5-12(11(2)8-10)13(15)14(6-7-14)9-16-3/h4-5,8,13,16H,6-7,9,15H2,1-3H3. The van der Waals surface area contributed by atoms with Crippen molar-refractivity contribution in [2.75, 3.05) is 13.6 Å². The Labute approximate surface area is 98.2 Å². The van der Waals surface area contributed by atoms with E-state index in [2.05, 4.69) is 37.4 Å². The van der Waals surface area contributed by atoms with Gasteiger partial charge < -0.3 is 11.1 Å². The van der Waals surface area contributed by atoms with Gasteiger partial charge in [-0.1, -0.05) is 23.8 Å². The van der Waals surface area contributed by atoms with Crippen molar-refractivity contribution >= 4 is 0 Å². The van der Waals surface area contributed by atoms with E-state index in [-0.39, 0.29) is 6.04 Å². The first-order valence-corrected chi connectivity index (χ1v) is 6.06. The van der Waals surface area contributed by atoms with E-state index in [9.17, 15) is 0 Å². The fourth-order valence-corrected chi connectivity index (χ4v) is 2.61. The van der Waals surface area contributed by atoms with Gasteiger partial charge >= 0.3 is 0 Å². The number of aryl methyl sites for hydroxylation is 2. The molecule has 1 aromatic rings. The molecule has 1 aliphatic carbocycles. The van der Waals surface area contributed by atoms with Crippen LogP contribution in [0.5, 0.6) is 0 Å². The smallest absolute Gasteiger partial charge is 0.0366 e. The molecule has 1 aromatic carbocycles. The van der Waals surface area contributed by atoms with Crippen molar-refractivity contribution in [2.45, 2.75) is 32.7 Å². The van der Waals surface area contributed by atoms with Crippen molar-refractivity contribution in [1.29, 1.82) is 0 Å². The molecule has 1 fully saturated rings. The summed E-state index contributed by atoms with van der Waals surface area (Å²) < 4.78 is 0. The van der Waals surface area contributed by atoms with E-state index in [0.717, 1.165) is 6.54 Å². The van der Waals surface area contributed by atoms with Crippen LogP contribution in [-0.2, 0) is 0 Å². The van der Waals surface area contributed by atoms with E-state index >= 15 is 0 Å². The second-order valence-electron chi connectivity index (χ2n) is 5.23. The number of hydrogen-bond acceptors (Lipinski definition) is 2. The van der Waals surface area contributed by atoms with Gasteiger partial charge in [0.15, 0.2) is 0 Å². The molecule has 1 aliphatic rings. The second-order valence-corrected chi connectivity index (χ2v) is 5.23. The highest BCUT2D eigenvalue weighted by Gasteiger charge is 2.47. The van der Waals surface area contributed by atoms with Crippen molar-refractivity contribution in [3.8, 4) is 0 Å². The molecule has 0 saturated heterocycles. The Morgan fingerprint density at radius 3 is 2.56 bits per heavy atom. The van der Waals surface area contributed by atoms with Gasteiger partial charge in [-0.25, -0.2) is 0 Å². The molecular weight excluding hydrogens is 196 g/mol. The van der Waals surface area contributed by atoms with Crippen LogP contribution in [0.3, 0.4) is 0 Å². The van der Waals surface area contributed by atoms with Crippen molar-refractivity contribution in [3.05, 3.63) is 34.9 Å². The third-order valence-electron chi connectivity index (χ3n) is 3.84. The van der Waals surface area contributed by atoms with E-state index in [1.54, 1.807) is 0 Å². The lowest BCUT2D eigenvalue weighted by molar-refractivity contribution is 0.391. The fraction of sp³-hybridized carbons (Fsp3) is 0.571. The first-order valence-electron chi connectivity index (χ1n) is 6.06. The third-order valence-corrected chi connectivity index (χ3v) is 3.84. The quantitative estimate of drug-likeness (QED) is 0.814. The highest BCUT2D eigenvalue weighted by Crippen LogP contribution is 2.53. The van der Waals surface area contributed by atoms with Crippen LogP contribution in [0.2, 0.25) is 0 Å². The Balaban J connectivity index is 2.24. The average Bonchev–Trinajstić information content (AvgIpc) is 2.99. The van der Waals surface area contributed by atoms with Crippen molar-refractivity contribution in [2.24, 2.45) is 11.1 Å². The highest BCUT2D eigenvalue weighted by atomic mass is 14.9. The average molecular weight is 218 g/mol. The summed E-state index contributed by atoms with van der Waals surface area (Å²) in [6, 6.07) is 6.77. The number of hydrogen-bond donors (Lipinski definition) is 2.